The van der Waals surface area contributed by atoms with Crippen molar-refractivity contribution in [1.82, 2.24) is 4.98 Å². The molecule has 0 aliphatic heterocycles. The van der Waals surface area contributed by atoms with Gasteiger partial charge in [0.25, 0.3) is 0 Å². The molecule has 2 aromatic rings. The molecule has 0 bridgehead atoms. The molecule has 1 aromatic heterocycles. The first kappa shape index (κ1) is 21.9. The minimum absolute atomic E-state index is 0.0683. The Morgan fingerprint density at radius 1 is 1.38 bits per heavy atom. The Hall–Kier alpha value is -1.92. The summed E-state index contributed by atoms with van der Waals surface area (Å²) in [6.45, 7) is 4.44. The molecule has 0 saturated heterocycles. The van der Waals surface area contributed by atoms with Gasteiger partial charge in [-0.15, -0.1) is 11.3 Å². The summed E-state index contributed by atoms with van der Waals surface area (Å²) in [5.41, 5.74) is 2.95. The molecule has 6 heteroatoms. The minimum atomic E-state index is 0.0683. The number of aryl methyl sites for hydroxylation is 2. The third kappa shape index (κ3) is 3.75. The largest absolute Gasteiger partial charge is 0.508 e. The zero-order chi connectivity index (χ0) is 22.5. The lowest BCUT2D eigenvalue weighted by Crippen LogP contribution is -2.45. The number of rotatable bonds is 5. The number of carbonyl (C=O) groups is 1. The molecule has 6 atom stereocenters. The number of amides is 1. The van der Waals surface area contributed by atoms with Gasteiger partial charge in [-0.2, -0.15) is 0 Å². The number of hydrogen-bond donors (Lipinski definition) is 2. The second-order valence-corrected chi connectivity index (χ2v) is 11.6. The standard InChI is InChI=1S/C26H34N2O3S/c1-15-14-27-25(32-15)28-23(30)9-5-17-13-22(31-3)26(2)11-10-20-19-8-6-18(29)12-16(19)4-7-21(20)24(17)26/h6,8,12,14,17,20-22,24,29H,4-5,7,9-11,13H2,1-3H3,(H,27,28,30). The maximum atomic E-state index is 12.6. The number of aromatic nitrogens is 1. The molecule has 1 amide bonds. The molecule has 2 saturated carbocycles. The van der Waals surface area contributed by atoms with Gasteiger partial charge in [-0.05, 0) is 97.8 Å². The predicted molar refractivity (Wildman–Crippen MR) is 127 cm³/mol. The summed E-state index contributed by atoms with van der Waals surface area (Å²) < 4.78 is 6.04. The van der Waals surface area contributed by atoms with Crippen LogP contribution < -0.4 is 5.32 Å². The number of methoxy groups -OCH3 is 1. The van der Waals surface area contributed by atoms with E-state index in [0.29, 0.717) is 41.0 Å². The lowest BCUT2D eigenvalue weighted by atomic mass is 9.53. The molecule has 6 unspecified atom stereocenters. The van der Waals surface area contributed by atoms with E-state index in [4.69, 9.17) is 4.74 Å². The third-order valence-electron chi connectivity index (χ3n) is 8.66. The molecule has 5 rings (SSSR count). The Morgan fingerprint density at radius 3 is 2.97 bits per heavy atom. The Balaban J connectivity index is 1.34. The van der Waals surface area contributed by atoms with Crippen molar-refractivity contribution in [2.24, 2.45) is 23.2 Å². The van der Waals surface area contributed by atoms with Crippen LogP contribution >= 0.6 is 11.3 Å². The van der Waals surface area contributed by atoms with Gasteiger partial charge in [0.15, 0.2) is 5.13 Å². The van der Waals surface area contributed by atoms with E-state index in [-0.39, 0.29) is 17.4 Å². The van der Waals surface area contributed by atoms with E-state index in [9.17, 15) is 9.90 Å². The highest BCUT2D eigenvalue weighted by Gasteiger charge is 2.58. The first-order valence-corrected chi connectivity index (χ1v) is 12.8. The Morgan fingerprint density at radius 2 is 2.22 bits per heavy atom. The Bertz CT molecular complexity index is 1000. The monoisotopic (exact) mass is 454 g/mol. The highest BCUT2D eigenvalue weighted by molar-refractivity contribution is 7.15. The van der Waals surface area contributed by atoms with Gasteiger partial charge in [-0.1, -0.05) is 13.0 Å². The van der Waals surface area contributed by atoms with E-state index in [1.54, 1.807) is 6.20 Å². The van der Waals surface area contributed by atoms with Crippen LogP contribution in [0.3, 0.4) is 0 Å². The molecule has 172 valence electrons. The minimum Gasteiger partial charge on any atom is -0.508 e. The lowest BCUT2D eigenvalue weighted by Gasteiger charge is -2.52. The van der Waals surface area contributed by atoms with Gasteiger partial charge < -0.3 is 15.2 Å². The van der Waals surface area contributed by atoms with Crippen molar-refractivity contribution < 1.29 is 14.6 Å². The second kappa shape index (κ2) is 8.45. The number of phenols is 1. The number of phenolic OH excluding ortho intramolecular Hbond substituents is 1. The average molecular weight is 455 g/mol. The second-order valence-electron chi connectivity index (χ2n) is 10.3. The molecule has 2 fully saturated rings. The zero-order valence-corrected chi connectivity index (χ0v) is 20.1. The fourth-order valence-electron chi connectivity index (χ4n) is 7.37. The summed E-state index contributed by atoms with van der Waals surface area (Å²) >= 11 is 1.52. The summed E-state index contributed by atoms with van der Waals surface area (Å²) in [4.78, 5) is 18.0. The number of anilines is 1. The van der Waals surface area contributed by atoms with Crippen molar-refractivity contribution in [1.29, 1.82) is 0 Å². The van der Waals surface area contributed by atoms with Crippen molar-refractivity contribution in [3.63, 3.8) is 0 Å². The maximum Gasteiger partial charge on any atom is 0.226 e. The SMILES string of the molecule is COC1CC(CCC(=O)Nc2ncc(C)s2)C2C3CCc4cc(O)ccc4C3CCC12C. The first-order chi connectivity index (χ1) is 15.4. The van der Waals surface area contributed by atoms with E-state index >= 15 is 0 Å². The normalized spacial score (nSPS) is 33.3. The van der Waals surface area contributed by atoms with Crippen LogP contribution in [0.15, 0.2) is 24.4 Å². The van der Waals surface area contributed by atoms with Crippen LogP contribution in [0.4, 0.5) is 5.13 Å². The molecule has 0 spiro atoms. The predicted octanol–water partition coefficient (Wildman–Crippen LogP) is 5.67. The number of carbonyl (C=O) groups excluding carboxylic acids is 1. The molecule has 32 heavy (non-hydrogen) atoms. The maximum absolute atomic E-state index is 12.6. The van der Waals surface area contributed by atoms with Crippen molar-refractivity contribution in [2.45, 2.75) is 70.8 Å². The van der Waals surface area contributed by atoms with Crippen molar-refractivity contribution >= 4 is 22.4 Å². The van der Waals surface area contributed by atoms with E-state index in [2.05, 4.69) is 23.3 Å². The van der Waals surface area contributed by atoms with Crippen LogP contribution in [0.5, 0.6) is 5.75 Å². The number of aromatic hydroxyl groups is 1. The number of ether oxygens (including phenoxy) is 1. The summed E-state index contributed by atoms with van der Waals surface area (Å²) in [7, 11) is 1.86. The lowest BCUT2D eigenvalue weighted by molar-refractivity contribution is -0.116. The highest BCUT2D eigenvalue weighted by Crippen LogP contribution is 2.64. The molecule has 0 radical (unpaired) electrons. The van der Waals surface area contributed by atoms with Gasteiger partial charge in [0.1, 0.15) is 5.75 Å². The summed E-state index contributed by atoms with van der Waals surface area (Å²) in [5, 5.41) is 13.6. The number of nitrogens with one attached hydrogen (secondary N) is 1. The average Bonchev–Trinajstić information content (AvgIpc) is 3.31. The van der Waals surface area contributed by atoms with Gasteiger partial charge in [0.2, 0.25) is 5.91 Å². The topological polar surface area (TPSA) is 71.5 Å². The summed E-state index contributed by atoms with van der Waals surface area (Å²) in [6.07, 6.45) is 9.11. The fourth-order valence-corrected chi connectivity index (χ4v) is 8.05. The molecule has 1 heterocycles. The van der Waals surface area contributed by atoms with E-state index in [1.807, 2.05) is 26.2 Å². The molecule has 3 aliphatic carbocycles. The van der Waals surface area contributed by atoms with Crippen LogP contribution in [0, 0.1) is 30.1 Å². The van der Waals surface area contributed by atoms with E-state index in [0.717, 1.165) is 24.1 Å². The quantitative estimate of drug-likeness (QED) is 0.610. The smallest absolute Gasteiger partial charge is 0.226 e. The van der Waals surface area contributed by atoms with Crippen LogP contribution in [0.2, 0.25) is 0 Å². The highest BCUT2D eigenvalue weighted by atomic mass is 32.1. The van der Waals surface area contributed by atoms with E-state index in [1.165, 1.54) is 41.7 Å². The van der Waals surface area contributed by atoms with Crippen LogP contribution in [-0.4, -0.2) is 29.2 Å². The van der Waals surface area contributed by atoms with Gasteiger partial charge in [-0.3, -0.25) is 4.79 Å². The molecule has 1 aromatic carbocycles. The van der Waals surface area contributed by atoms with Crippen molar-refractivity contribution in [2.75, 3.05) is 12.4 Å². The number of thiazole rings is 1. The van der Waals surface area contributed by atoms with Crippen LogP contribution in [0.25, 0.3) is 0 Å². The first-order valence-electron chi connectivity index (χ1n) is 12.0. The Labute approximate surface area is 194 Å². The van der Waals surface area contributed by atoms with Gasteiger partial charge in [0, 0.05) is 24.6 Å². The molecular formula is C26H34N2O3S. The van der Waals surface area contributed by atoms with Gasteiger partial charge in [-0.25, -0.2) is 4.98 Å². The van der Waals surface area contributed by atoms with Crippen molar-refractivity contribution in [3.8, 4) is 5.75 Å². The van der Waals surface area contributed by atoms with E-state index < -0.39 is 0 Å². The van der Waals surface area contributed by atoms with Gasteiger partial charge in [0.05, 0.1) is 6.10 Å². The van der Waals surface area contributed by atoms with Gasteiger partial charge >= 0.3 is 0 Å². The molecule has 2 N–H and O–H groups in total. The number of nitrogens with zero attached hydrogens (tertiary/aromatic N) is 1. The number of benzene rings is 1. The third-order valence-corrected chi connectivity index (χ3v) is 9.49. The zero-order valence-electron chi connectivity index (χ0n) is 19.3. The Kier molecular flexibility index (Phi) is 5.79. The summed E-state index contributed by atoms with van der Waals surface area (Å²) in [6, 6.07) is 5.98. The number of fused-ring (bicyclic) bond motifs is 5. The summed E-state index contributed by atoms with van der Waals surface area (Å²) in [5.74, 6) is 2.70. The van der Waals surface area contributed by atoms with Crippen LogP contribution in [-0.2, 0) is 16.0 Å². The fraction of sp³-hybridized carbons (Fsp3) is 0.615. The number of hydrogen-bond acceptors (Lipinski definition) is 5. The molecular weight excluding hydrogens is 420 g/mol. The van der Waals surface area contributed by atoms with Crippen LogP contribution in [0.1, 0.15) is 67.4 Å². The van der Waals surface area contributed by atoms with Crippen molar-refractivity contribution in [3.05, 3.63) is 40.4 Å². The molecule has 5 nitrogen and oxygen atoms in total. The molecule has 3 aliphatic rings.